The number of hydrogen-bond acceptors (Lipinski definition) is 13. The summed E-state index contributed by atoms with van der Waals surface area (Å²) in [5.41, 5.74) is 6.99. The van der Waals surface area contributed by atoms with Gasteiger partial charge in [0.15, 0.2) is 6.29 Å². The fraction of sp³-hybridized carbons (Fsp3) is 0.115. The predicted octanol–water partition coefficient (Wildman–Crippen LogP) is 10.8. The lowest BCUT2D eigenvalue weighted by Gasteiger charge is -2.12. The second kappa shape index (κ2) is 29.2. The SMILES string of the molecule is CC.CN(/C=C\C=C(/C=O)C(=O)NC/C=C/c1ccc2nc(Nc3ccccc3)ncc2c1)Cc1cccnc1.O=C(NC/C=C/c1ccc2nc(Nc3ccccc3)ncc2c1)c1cccn(Cc2ccc(Cl)nc2)c1=O. The Hall–Kier alpha value is -9.93. The first-order valence-corrected chi connectivity index (χ1v) is 25.3. The first kappa shape index (κ1) is 55.8. The van der Waals surface area contributed by atoms with E-state index in [0.29, 0.717) is 36.4 Å². The summed E-state index contributed by atoms with van der Waals surface area (Å²) in [5.74, 6) is 0.186. The molecule has 9 aromatic rings. The minimum Gasteiger partial charge on any atom is -0.376 e. The number of amides is 2. The molecule has 0 radical (unpaired) electrons. The summed E-state index contributed by atoms with van der Waals surface area (Å²) in [6, 6.07) is 41.7. The summed E-state index contributed by atoms with van der Waals surface area (Å²) in [7, 11) is 1.91. The van der Waals surface area contributed by atoms with Crippen LogP contribution in [0.4, 0.5) is 23.3 Å². The third-order valence-corrected chi connectivity index (χ3v) is 11.4. The van der Waals surface area contributed by atoms with Gasteiger partial charge in [-0.15, -0.1) is 0 Å². The number of anilines is 4. The Morgan fingerprint density at radius 1 is 0.667 bits per heavy atom. The van der Waals surface area contributed by atoms with Crippen LogP contribution in [0.1, 0.15) is 46.5 Å². The number of pyridine rings is 3. The zero-order valence-corrected chi connectivity index (χ0v) is 44.0. The molecule has 0 aliphatic heterocycles. The van der Waals surface area contributed by atoms with Gasteiger partial charge in [-0.3, -0.25) is 24.2 Å². The van der Waals surface area contributed by atoms with E-state index in [2.05, 4.69) is 51.2 Å². The summed E-state index contributed by atoms with van der Waals surface area (Å²) in [6.45, 7) is 5.50. The van der Waals surface area contributed by atoms with Gasteiger partial charge in [0, 0.05) is 86.0 Å². The molecule has 0 saturated heterocycles. The summed E-state index contributed by atoms with van der Waals surface area (Å²) in [6.07, 6.45) is 23.3. The highest BCUT2D eigenvalue weighted by Crippen LogP contribution is 2.20. The van der Waals surface area contributed by atoms with Crippen LogP contribution in [-0.2, 0) is 22.7 Å². The molecule has 9 rings (SSSR count). The lowest BCUT2D eigenvalue weighted by Crippen LogP contribution is -2.33. The minimum atomic E-state index is -0.436. The Balaban J connectivity index is 0.000000219. The van der Waals surface area contributed by atoms with Gasteiger partial charge in [0.1, 0.15) is 10.7 Å². The molecule has 78 heavy (non-hydrogen) atoms. The molecule has 0 spiro atoms. The molecule has 4 aromatic carbocycles. The summed E-state index contributed by atoms with van der Waals surface area (Å²) in [4.78, 5) is 77.2. The Bertz CT molecular complexity index is 3610. The smallest absolute Gasteiger partial charge is 0.263 e. The van der Waals surface area contributed by atoms with E-state index in [9.17, 15) is 19.2 Å². The van der Waals surface area contributed by atoms with Crippen molar-refractivity contribution in [2.75, 3.05) is 30.8 Å². The third kappa shape index (κ3) is 17.1. The number of nitrogens with one attached hydrogen (secondary N) is 4. The summed E-state index contributed by atoms with van der Waals surface area (Å²) >= 11 is 5.82. The summed E-state index contributed by atoms with van der Waals surface area (Å²) < 4.78 is 1.47. The van der Waals surface area contributed by atoms with Crippen molar-refractivity contribution in [3.63, 3.8) is 0 Å². The van der Waals surface area contributed by atoms with Gasteiger partial charge in [0.05, 0.1) is 23.2 Å². The van der Waals surface area contributed by atoms with Crippen LogP contribution >= 0.6 is 11.6 Å². The second-order valence-electron chi connectivity index (χ2n) is 16.9. The number of aldehydes is 1. The number of benzene rings is 4. The maximum Gasteiger partial charge on any atom is 0.263 e. The Kier molecular flexibility index (Phi) is 20.9. The van der Waals surface area contributed by atoms with Crippen molar-refractivity contribution in [3.05, 3.63) is 250 Å². The van der Waals surface area contributed by atoms with Crippen molar-refractivity contribution in [3.8, 4) is 0 Å². The maximum absolute atomic E-state index is 12.8. The van der Waals surface area contributed by atoms with Gasteiger partial charge < -0.3 is 30.7 Å². The van der Waals surface area contributed by atoms with E-state index in [1.165, 1.54) is 16.7 Å². The molecular formula is C61H57ClN12O4. The average Bonchev–Trinajstić information content (AvgIpc) is 3.48. The number of allylic oxidation sites excluding steroid dienone is 2. The molecule has 16 nitrogen and oxygen atoms in total. The van der Waals surface area contributed by atoms with Crippen molar-refractivity contribution < 1.29 is 14.4 Å². The van der Waals surface area contributed by atoms with Gasteiger partial charge in [-0.05, 0) is 113 Å². The molecule has 5 aromatic heterocycles. The molecule has 0 aliphatic rings. The van der Waals surface area contributed by atoms with E-state index >= 15 is 0 Å². The van der Waals surface area contributed by atoms with E-state index in [1.54, 1.807) is 67.7 Å². The number of carbonyl (C=O) groups excluding carboxylic acids is 3. The minimum absolute atomic E-state index is 0.0483. The van der Waals surface area contributed by atoms with Gasteiger partial charge in [-0.25, -0.2) is 24.9 Å². The van der Waals surface area contributed by atoms with Crippen LogP contribution < -0.4 is 26.8 Å². The number of carbonyl (C=O) groups is 3. The largest absolute Gasteiger partial charge is 0.376 e. The molecular weight excluding hydrogens is 1000 g/mol. The quantitative estimate of drug-likeness (QED) is 0.0149. The fourth-order valence-corrected chi connectivity index (χ4v) is 7.56. The lowest BCUT2D eigenvalue weighted by atomic mass is 10.1. The van der Waals surface area contributed by atoms with Crippen LogP contribution in [0.3, 0.4) is 0 Å². The number of nitrogens with zero attached hydrogens (tertiary/aromatic N) is 8. The van der Waals surface area contributed by atoms with E-state index in [4.69, 9.17) is 11.6 Å². The van der Waals surface area contributed by atoms with E-state index in [-0.39, 0.29) is 29.8 Å². The average molecular weight is 1060 g/mol. The Morgan fingerprint density at radius 2 is 1.28 bits per heavy atom. The molecule has 0 unspecified atom stereocenters. The second-order valence-corrected chi connectivity index (χ2v) is 17.3. The van der Waals surface area contributed by atoms with Gasteiger partial charge in [-0.2, -0.15) is 0 Å². The van der Waals surface area contributed by atoms with Crippen molar-refractivity contribution in [2.45, 2.75) is 26.9 Å². The van der Waals surface area contributed by atoms with Gasteiger partial charge in [0.25, 0.3) is 17.4 Å². The highest BCUT2D eigenvalue weighted by molar-refractivity contribution is 6.29. The number of halogens is 1. The van der Waals surface area contributed by atoms with Crippen LogP contribution in [0.15, 0.2) is 212 Å². The fourth-order valence-electron chi connectivity index (χ4n) is 7.45. The van der Waals surface area contributed by atoms with Crippen molar-refractivity contribution in [2.24, 2.45) is 0 Å². The van der Waals surface area contributed by atoms with Crippen LogP contribution in [-0.4, -0.2) is 77.6 Å². The number of rotatable bonds is 19. The molecule has 17 heteroatoms. The van der Waals surface area contributed by atoms with Gasteiger partial charge in [-0.1, -0.05) is 110 Å². The molecule has 0 atom stereocenters. The van der Waals surface area contributed by atoms with Crippen LogP contribution in [0.2, 0.25) is 5.15 Å². The number of para-hydroxylation sites is 2. The van der Waals surface area contributed by atoms with Crippen LogP contribution in [0.5, 0.6) is 0 Å². The van der Waals surface area contributed by atoms with Crippen molar-refractivity contribution in [1.82, 2.24) is 50.0 Å². The highest BCUT2D eigenvalue weighted by Gasteiger charge is 2.12. The first-order chi connectivity index (χ1) is 38.1. The standard InChI is InChI=1S/C30H28N6O2.C29H23ClN6O2.C2H6/c1-36(21-24-9-5-15-31-19-24)17-7-10-25(22-37)29(38)32-16-6-8-23-13-14-28-26(18-23)20-33-30(35-28)34-27-11-3-2-4-12-27;30-26-13-11-21(17-32-26)19-36-15-5-9-24(28(36)38)27(37)31-14-4-6-20-10-12-25-22(16-20)18-33-29(35-25)34-23-7-2-1-3-8-23;1-2/h2-15,17-20,22H,16,21H2,1H3,(H,32,38)(H,33,34,35);1-13,15-18H,14,19H2,(H,31,37)(H,33,34,35);1-2H3/b8-6+,17-7-,25-10+;6-4+;. The van der Waals surface area contributed by atoms with E-state index < -0.39 is 11.8 Å². The summed E-state index contributed by atoms with van der Waals surface area (Å²) in [5, 5.41) is 14.1. The molecule has 5 heterocycles. The Morgan fingerprint density at radius 3 is 1.85 bits per heavy atom. The van der Waals surface area contributed by atoms with E-state index in [0.717, 1.165) is 55.4 Å². The highest BCUT2D eigenvalue weighted by atomic mass is 35.5. The first-order valence-electron chi connectivity index (χ1n) is 25.0. The maximum atomic E-state index is 12.8. The normalized spacial score (nSPS) is 11.2. The molecule has 0 aliphatic carbocycles. The third-order valence-electron chi connectivity index (χ3n) is 11.2. The topological polar surface area (TPSA) is 202 Å². The molecule has 392 valence electrons. The van der Waals surface area contributed by atoms with Gasteiger partial charge in [0.2, 0.25) is 11.9 Å². The molecule has 0 saturated carbocycles. The van der Waals surface area contributed by atoms with Gasteiger partial charge >= 0.3 is 0 Å². The molecule has 4 N–H and O–H groups in total. The predicted molar refractivity (Wildman–Crippen MR) is 311 cm³/mol. The zero-order chi connectivity index (χ0) is 54.9. The van der Waals surface area contributed by atoms with E-state index in [1.807, 2.05) is 159 Å². The number of fused-ring (bicyclic) bond motifs is 2. The van der Waals surface area contributed by atoms with Crippen molar-refractivity contribution >= 4 is 86.9 Å². The molecule has 0 fully saturated rings. The van der Waals surface area contributed by atoms with Crippen molar-refractivity contribution in [1.29, 1.82) is 0 Å². The molecule has 0 bridgehead atoms. The zero-order valence-electron chi connectivity index (χ0n) is 43.2. The monoisotopic (exact) mass is 1060 g/mol. The van der Waals surface area contributed by atoms with Crippen LogP contribution in [0.25, 0.3) is 34.0 Å². The number of hydrogen-bond donors (Lipinski definition) is 4. The molecule has 2 amide bonds. The number of aromatic nitrogens is 7. The lowest BCUT2D eigenvalue weighted by molar-refractivity contribution is -0.119. The van der Waals surface area contributed by atoms with Crippen LogP contribution in [0, 0.1) is 0 Å². The Labute approximate surface area is 457 Å².